The van der Waals surface area contributed by atoms with Crippen LogP contribution in [0.25, 0.3) is 0 Å². The summed E-state index contributed by atoms with van der Waals surface area (Å²) in [6.45, 7) is 3.20. The molecule has 4 nitrogen and oxygen atoms in total. The fraction of sp³-hybridized carbons (Fsp3) is 0.462. The molecule has 0 saturated heterocycles. The Labute approximate surface area is 178 Å². The smallest absolute Gasteiger partial charge is 0.107 e. The topological polar surface area (TPSA) is 42.5 Å². The van der Waals surface area contributed by atoms with Gasteiger partial charge in [0.25, 0.3) is 0 Å². The Hall–Kier alpha value is -1.98. The molecule has 2 N–H and O–H groups in total. The van der Waals surface area contributed by atoms with Crippen molar-refractivity contribution in [2.75, 3.05) is 26.3 Å². The molecule has 3 heterocycles. The highest BCUT2D eigenvalue weighted by Gasteiger charge is 2.36. The fourth-order valence-electron chi connectivity index (χ4n) is 5.80. The van der Waals surface area contributed by atoms with Crippen molar-refractivity contribution in [3.63, 3.8) is 0 Å². The van der Waals surface area contributed by atoms with E-state index in [0.29, 0.717) is 31.2 Å². The van der Waals surface area contributed by atoms with Crippen LogP contribution in [0.1, 0.15) is 32.1 Å². The molecule has 6 aliphatic rings. The molecule has 3 unspecified atom stereocenters. The number of rotatable bonds is 2. The maximum Gasteiger partial charge on any atom is 0.107 e. The van der Waals surface area contributed by atoms with Crippen molar-refractivity contribution >= 4 is 0 Å². The third-order valence-corrected chi connectivity index (χ3v) is 7.52. The van der Waals surface area contributed by atoms with Crippen LogP contribution in [-0.2, 0) is 9.78 Å². The van der Waals surface area contributed by atoms with Crippen LogP contribution in [0.2, 0.25) is 0 Å². The molecule has 0 radical (unpaired) electrons. The molecule has 3 aliphatic carbocycles. The first kappa shape index (κ1) is 18.8. The second-order valence-electron chi connectivity index (χ2n) is 9.20. The Morgan fingerprint density at radius 2 is 1.70 bits per heavy atom. The Bertz CT molecular complexity index is 960. The zero-order chi connectivity index (χ0) is 19.9. The van der Waals surface area contributed by atoms with Crippen LogP contribution in [0.3, 0.4) is 0 Å². The third kappa shape index (κ3) is 3.42. The van der Waals surface area contributed by atoms with E-state index in [2.05, 4.69) is 53.2 Å². The van der Waals surface area contributed by atoms with Crippen LogP contribution in [0, 0.1) is 5.92 Å². The average molecular weight is 403 g/mol. The molecule has 0 bridgehead atoms. The number of nitrogens with one attached hydrogen (secondary N) is 2. The molecule has 0 spiro atoms. The van der Waals surface area contributed by atoms with Crippen molar-refractivity contribution < 1.29 is 9.78 Å². The molecular weight excluding hydrogens is 372 g/mol. The van der Waals surface area contributed by atoms with Crippen molar-refractivity contribution in [3.8, 4) is 0 Å². The van der Waals surface area contributed by atoms with E-state index in [9.17, 15) is 0 Å². The predicted molar refractivity (Wildman–Crippen MR) is 119 cm³/mol. The van der Waals surface area contributed by atoms with Gasteiger partial charge in [-0.15, -0.1) is 0 Å². The van der Waals surface area contributed by atoms with E-state index < -0.39 is 0 Å². The number of fused-ring (bicyclic) bond motifs is 3. The molecule has 4 heteroatoms. The van der Waals surface area contributed by atoms with Crippen LogP contribution in [-0.4, -0.2) is 38.4 Å². The summed E-state index contributed by atoms with van der Waals surface area (Å²) in [5.41, 5.74) is 10.2. The van der Waals surface area contributed by atoms with Gasteiger partial charge in [-0.25, -0.2) is 9.78 Å². The monoisotopic (exact) mass is 402 g/mol. The largest absolute Gasteiger partial charge is 0.307 e. The van der Waals surface area contributed by atoms with Gasteiger partial charge in [0.15, 0.2) is 0 Å². The van der Waals surface area contributed by atoms with E-state index in [4.69, 9.17) is 9.78 Å². The Morgan fingerprint density at radius 1 is 0.867 bits per heavy atom. The van der Waals surface area contributed by atoms with Gasteiger partial charge < -0.3 is 10.6 Å². The first-order valence-electron chi connectivity index (χ1n) is 11.5. The second-order valence-corrected chi connectivity index (χ2v) is 9.20. The molecule has 30 heavy (non-hydrogen) atoms. The summed E-state index contributed by atoms with van der Waals surface area (Å²) >= 11 is 0. The normalized spacial score (nSPS) is 33.3. The molecule has 0 amide bonds. The van der Waals surface area contributed by atoms with Crippen LogP contribution in [0.15, 0.2) is 81.5 Å². The number of hydrogen-bond acceptors (Lipinski definition) is 4. The van der Waals surface area contributed by atoms with Gasteiger partial charge in [-0.2, -0.15) is 0 Å². The summed E-state index contributed by atoms with van der Waals surface area (Å²) in [5, 5.41) is 7.54. The third-order valence-electron chi connectivity index (χ3n) is 7.52. The SMILES string of the molecule is C1=CC2=CCC3C=C(C4=CC=C(C5=CC6=C(CC5)COOC6)CC4)CNC3C2NC1. The maximum atomic E-state index is 5.19. The van der Waals surface area contributed by atoms with Gasteiger partial charge in [0.2, 0.25) is 0 Å². The quantitative estimate of drug-likeness (QED) is 0.686. The van der Waals surface area contributed by atoms with E-state index in [1.807, 2.05) is 0 Å². The van der Waals surface area contributed by atoms with Crippen molar-refractivity contribution in [2.24, 2.45) is 5.92 Å². The molecule has 6 rings (SSSR count). The molecule has 0 aromatic heterocycles. The van der Waals surface area contributed by atoms with Gasteiger partial charge in [0.1, 0.15) is 13.2 Å². The molecule has 3 aliphatic heterocycles. The lowest BCUT2D eigenvalue weighted by Crippen LogP contribution is -2.57. The summed E-state index contributed by atoms with van der Waals surface area (Å²) in [5.74, 6) is 0.590. The van der Waals surface area contributed by atoms with Crippen LogP contribution in [0.5, 0.6) is 0 Å². The van der Waals surface area contributed by atoms with Gasteiger partial charge >= 0.3 is 0 Å². The summed E-state index contributed by atoms with van der Waals surface area (Å²) in [6.07, 6.45) is 22.3. The Kier molecular flexibility index (Phi) is 4.96. The van der Waals surface area contributed by atoms with Gasteiger partial charge in [-0.1, -0.05) is 42.5 Å². The highest BCUT2D eigenvalue weighted by atomic mass is 17.2. The lowest BCUT2D eigenvalue weighted by Gasteiger charge is -2.42. The van der Waals surface area contributed by atoms with Crippen LogP contribution < -0.4 is 10.6 Å². The van der Waals surface area contributed by atoms with Crippen molar-refractivity contribution in [1.29, 1.82) is 0 Å². The zero-order valence-electron chi connectivity index (χ0n) is 17.5. The lowest BCUT2D eigenvalue weighted by atomic mass is 9.75. The summed E-state index contributed by atoms with van der Waals surface area (Å²) in [6, 6.07) is 0.982. The minimum Gasteiger partial charge on any atom is -0.307 e. The highest BCUT2D eigenvalue weighted by Crippen LogP contribution is 2.37. The fourth-order valence-corrected chi connectivity index (χ4v) is 5.80. The molecule has 0 aromatic rings. The molecule has 156 valence electrons. The van der Waals surface area contributed by atoms with Gasteiger partial charge in [0, 0.05) is 25.2 Å². The molecule has 0 fully saturated rings. The van der Waals surface area contributed by atoms with Gasteiger partial charge in [-0.05, 0) is 77.0 Å². The van der Waals surface area contributed by atoms with Gasteiger partial charge in [0.05, 0.1) is 0 Å². The molecule has 0 aromatic carbocycles. The lowest BCUT2D eigenvalue weighted by molar-refractivity contribution is -0.288. The van der Waals surface area contributed by atoms with Crippen molar-refractivity contribution in [1.82, 2.24) is 10.6 Å². The van der Waals surface area contributed by atoms with E-state index in [0.717, 1.165) is 45.2 Å². The molecule has 0 saturated carbocycles. The Morgan fingerprint density at radius 3 is 2.60 bits per heavy atom. The number of hydrogen-bond donors (Lipinski definition) is 2. The zero-order valence-corrected chi connectivity index (χ0v) is 17.5. The minimum absolute atomic E-state index is 0.463. The van der Waals surface area contributed by atoms with Gasteiger partial charge in [-0.3, -0.25) is 0 Å². The van der Waals surface area contributed by atoms with E-state index in [1.54, 1.807) is 0 Å². The summed E-state index contributed by atoms with van der Waals surface area (Å²) in [7, 11) is 0. The summed E-state index contributed by atoms with van der Waals surface area (Å²) < 4.78 is 0. The highest BCUT2D eigenvalue weighted by molar-refractivity contribution is 5.49. The number of allylic oxidation sites excluding steroid dienone is 5. The summed E-state index contributed by atoms with van der Waals surface area (Å²) in [4.78, 5) is 10.3. The second kappa shape index (κ2) is 7.93. The Balaban J connectivity index is 1.20. The van der Waals surface area contributed by atoms with E-state index in [1.165, 1.54) is 39.0 Å². The first-order chi connectivity index (χ1) is 14.8. The minimum atomic E-state index is 0.463. The van der Waals surface area contributed by atoms with E-state index >= 15 is 0 Å². The van der Waals surface area contributed by atoms with Crippen LogP contribution in [0.4, 0.5) is 0 Å². The first-order valence-corrected chi connectivity index (χ1v) is 11.5. The predicted octanol–water partition coefficient (Wildman–Crippen LogP) is 3.98. The average Bonchev–Trinajstić information content (AvgIpc) is 2.83. The maximum absolute atomic E-state index is 5.19. The molecular formula is C26H30N2O2. The molecule has 3 atom stereocenters. The van der Waals surface area contributed by atoms with Crippen molar-refractivity contribution in [2.45, 2.75) is 44.2 Å². The van der Waals surface area contributed by atoms with Crippen molar-refractivity contribution in [3.05, 3.63) is 81.5 Å². The van der Waals surface area contributed by atoms with Crippen LogP contribution >= 0.6 is 0 Å². The standard InChI is InChI=1S/C26H30N2O2/c1-2-19-7-9-21-13-23(14-28-26(21)25(19)27-11-1)18-5-3-17(4-6-18)20-8-10-22-15-29-30-16-24(22)12-20/h1-3,5,7,12-13,21,25-28H,4,6,8-11,14-16H2. The van der Waals surface area contributed by atoms with E-state index in [-0.39, 0.29) is 0 Å².